The Labute approximate surface area is 214 Å². The monoisotopic (exact) mass is 503 g/mol. The number of nitriles is 1. The second kappa shape index (κ2) is 9.67. The number of ether oxygens (including phenoxy) is 3. The molecule has 1 amide bonds. The maximum atomic E-state index is 12.4. The first-order valence-corrected chi connectivity index (χ1v) is 12.7. The van der Waals surface area contributed by atoms with E-state index in [-0.39, 0.29) is 12.2 Å². The van der Waals surface area contributed by atoms with Gasteiger partial charge in [-0.2, -0.15) is 5.26 Å². The Morgan fingerprint density at radius 1 is 1.14 bits per heavy atom. The molecule has 192 valence electrons. The highest BCUT2D eigenvalue weighted by Gasteiger charge is 2.33. The van der Waals surface area contributed by atoms with Crippen molar-refractivity contribution in [1.29, 1.82) is 5.26 Å². The summed E-state index contributed by atoms with van der Waals surface area (Å²) in [6.45, 7) is 4.45. The van der Waals surface area contributed by atoms with Gasteiger partial charge in [-0.05, 0) is 23.8 Å². The first-order chi connectivity index (χ1) is 18.0. The van der Waals surface area contributed by atoms with Crippen LogP contribution >= 0.6 is 0 Å². The molecule has 1 aromatic carbocycles. The zero-order valence-electron chi connectivity index (χ0n) is 20.5. The molecule has 0 aliphatic carbocycles. The number of hydrogen-bond acceptors (Lipinski definition) is 8. The Bertz CT molecular complexity index is 1350. The van der Waals surface area contributed by atoms with Crippen LogP contribution in [0.15, 0.2) is 36.5 Å². The van der Waals surface area contributed by atoms with Gasteiger partial charge in [0.25, 0.3) is 0 Å². The number of nitrogens with zero attached hydrogens (tertiary/aromatic N) is 4. The Balaban J connectivity index is 1.23. The molecule has 3 aromatic rings. The fourth-order valence-electron chi connectivity index (χ4n) is 5.22. The Hall–Kier alpha value is -3.65. The van der Waals surface area contributed by atoms with Crippen molar-refractivity contribution in [3.63, 3.8) is 0 Å². The summed E-state index contributed by atoms with van der Waals surface area (Å²) in [6.07, 6.45) is 2.38. The SMILES string of the molecule is N#Cc1cc(C2(O)CCOCC2)ccc1-c1cc2c(N3CCN(C(=O)OC4COC4)CC3)ccnc2[nH]1. The molecule has 0 bridgehead atoms. The molecular formula is C27H29N5O5. The lowest BCUT2D eigenvalue weighted by molar-refractivity contribution is -0.104. The molecule has 2 aromatic heterocycles. The predicted octanol–water partition coefficient (Wildman–Crippen LogP) is 2.76. The van der Waals surface area contributed by atoms with E-state index in [0.29, 0.717) is 71.0 Å². The zero-order valence-corrected chi connectivity index (χ0v) is 20.5. The number of amides is 1. The van der Waals surface area contributed by atoms with Gasteiger partial charge in [0.15, 0.2) is 6.10 Å². The quantitative estimate of drug-likeness (QED) is 0.557. The van der Waals surface area contributed by atoms with Gasteiger partial charge in [-0.15, -0.1) is 0 Å². The second-order valence-electron chi connectivity index (χ2n) is 9.81. The summed E-state index contributed by atoms with van der Waals surface area (Å²) in [5, 5.41) is 22.0. The van der Waals surface area contributed by atoms with E-state index in [9.17, 15) is 15.2 Å². The standard InChI is InChI=1S/C27H29N5O5/c28-15-18-13-19(27(34)4-11-35-12-5-27)1-2-21(18)23-14-22-24(3-6-29-25(22)30-23)31-7-9-32(10-8-31)26(33)37-20-16-36-17-20/h1-3,6,13-14,20,34H,4-5,7-12,16-17H2,(H,29,30). The van der Waals surface area contributed by atoms with Crippen molar-refractivity contribution in [1.82, 2.24) is 14.9 Å². The number of nitrogens with one attached hydrogen (secondary N) is 1. The van der Waals surface area contributed by atoms with E-state index >= 15 is 0 Å². The summed E-state index contributed by atoms with van der Waals surface area (Å²) in [7, 11) is 0. The molecule has 3 saturated heterocycles. The number of hydrogen-bond donors (Lipinski definition) is 2. The highest BCUT2D eigenvalue weighted by molar-refractivity contribution is 5.94. The Morgan fingerprint density at radius 2 is 1.92 bits per heavy atom. The number of pyridine rings is 1. The van der Waals surface area contributed by atoms with Crippen LogP contribution in [0.5, 0.6) is 0 Å². The largest absolute Gasteiger partial charge is 0.441 e. The summed E-state index contributed by atoms with van der Waals surface area (Å²) >= 11 is 0. The van der Waals surface area contributed by atoms with E-state index in [1.165, 1.54) is 0 Å². The van der Waals surface area contributed by atoms with Crippen molar-refractivity contribution in [2.24, 2.45) is 0 Å². The lowest BCUT2D eigenvalue weighted by Gasteiger charge is -2.37. The topological polar surface area (TPSA) is 124 Å². The van der Waals surface area contributed by atoms with E-state index in [1.807, 2.05) is 24.3 Å². The van der Waals surface area contributed by atoms with E-state index in [2.05, 4.69) is 20.9 Å². The van der Waals surface area contributed by atoms with Crippen LogP contribution in [0.4, 0.5) is 10.5 Å². The normalized spacial score (nSPS) is 19.9. The van der Waals surface area contributed by atoms with Crippen molar-refractivity contribution < 1.29 is 24.1 Å². The number of carbonyl (C=O) groups excluding carboxylic acids is 1. The summed E-state index contributed by atoms with van der Waals surface area (Å²) in [5.41, 5.74) is 3.58. The fraction of sp³-hybridized carbons (Fsp3) is 0.444. The van der Waals surface area contributed by atoms with Crippen LogP contribution in [0, 0.1) is 11.3 Å². The smallest absolute Gasteiger partial charge is 0.410 e. The molecule has 37 heavy (non-hydrogen) atoms. The van der Waals surface area contributed by atoms with Crippen LogP contribution < -0.4 is 4.90 Å². The van der Waals surface area contributed by atoms with Gasteiger partial charge in [0.1, 0.15) is 5.65 Å². The lowest BCUT2D eigenvalue weighted by atomic mass is 9.84. The maximum absolute atomic E-state index is 12.4. The van der Waals surface area contributed by atoms with Gasteiger partial charge in [0.05, 0.1) is 30.4 Å². The third-order valence-corrected chi connectivity index (χ3v) is 7.55. The van der Waals surface area contributed by atoms with Gasteiger partial charge >= 0.3 is 6.09 Å². The molecule has 0 atom stereocenters. The van der Waals surface area contributed by atoms with Gasteiger partial charge in [-0.1, -0.05) is 12.1 Å². The number of aliphatic hydroxyl groups is 1. The number of carbonyl (C=O) groups is 1. The highest BCUT2D eigenvalue weighted by atomic mass is 16.6. The summed E-state index contributed by atoms with van der Waals surface area (Å²) in [5.74, 6) is 0. The van der Waals surface area contributed by atoms with Crippen LogP contribution in [0.25, 0.3) is 22.3 Å². The average molecular weight is 504 g/mol. The fourth-order valence-corrected chi connectivity index (χ4v) is 5.22. The first-order valence-electron chi connectivity index (χ1n) is 12.7. The molecular weight excluding hydrogens is 474 g/mol. The molecule has 0 saturated carbocycles. The van der Waals surface area contributed by atoms with Crippen molar-refractivity contribution in [2.45, 2.75) is 24.5 Å². The van der Waals surface area contributed by atoms with Crippen LogP contribution in [-0.2, 0) is 19.8 Å². The van der Waals surface area contributed by atoms with Crippen LogP contribution in [0.2, 0.25) is 0 Å². The Morgan fingerprint density at radius 3 is 2.62 bits per heavy atom. The van der Waals surface area contributed by atoms with Crippen molar-refractivity contribution in [3.8, 4) is 17.3 Å². The van der Waals surface area contributed by atoms with Crippen LogP contribution in [0.3, 0.4) is 0 Å². The lowest BCUT2D eigenvalue weighted by Crippen LogP contribution is -2.51. The minimum atomic E-state index is -0.974. The number of H-pyrrole nitrogens is 1. The molecule has 6 rings (SSSR count). The molecule has 2 N–H and O–H groups in total. The first kappa shape index (κ1) is 23.7. The number of anilines is 1. The number of piperazine rings is 1. The third kappa shape index (κ3) is 4.50. The van der Waals surface area contributed by atoms with E-state index in [1.54, 1.807) is 17.2 Å². The van der Waals surface area contributed by atoms with Crippen molar-refractivity contribution >= 4 is 22.8 Å². The summed E-state index contributed by atoms with van der Waals surface area (Å²) in [6, 6.07) is 11.9. The highest BCUT2D eigenvalue weighted by Crippen LogP contribution is 2.36. The van der Waals surface area contributed by atoms with Crippen LogP contribution in [-0.4, -0.2) is 84.8 Å². The Kier molecular flexibility index (Phi) is 6.20. The molecule has 10 heteroatoms. The molecule has 10 nitrogen and oxygen atoms in total. The number of aromatic nitrogens is 2. The molecule has 3 fully saturated rings. The van der Waals surface area contributed by atoms with E-state index < -0.39 is 5.60 Å². The van der Waals surface area contributed by atoms with Gasteiger partial charge in [-0.25, -0.2) is 9.78 Å². The third-order valence-electron chi connectivity index (χ3n) is 7.55. The number of fused-ring (bicyclic) bond motifs is 1. The molecule has 0 spiro atoms. The van der Waals surface area contributed by atoms with Crippen molar-refractivity contribution in [3.05, 3.63) is 47.7 Å². The van der Waals surface area contributed by atoms with Crippen LogP contribution in [0.1, 0.15) is 24.0 Å². The van der Waals surface area contributed by atoms with Crippen molar-refractivity contribution in [2.75, 3.05) is 57.5 Å². The molecule has 0 unspecified atom stereocenters. The number of aromatic amines is 1. The maximum Gasteiger partial charge on any atom is 0.410 e. The molecule has 3 aliphatic rings. The number of benzene rings is 1. The molecule has 3 aliphatic heterocycles. The van der Waals surface area contributed by atoms with E-state index in [0.717, 1.165) is 33.5 Å². The van der Waals surface area contributed by atoms with Gasteiger partial charge < -0.3 is 34.1 Å². The predicted molar refractivity (Wildman–Crippen MR) is 135 cm³/mol. The minimum Gasteiger partial charge on any atom is -0.441 e. The van der Waals surface area contributed by atoms with E-state index in [4.69, 9.17) is 14.2 Å². The number of rotatable bonds is 4. The minimum absolute atomic E-state index is 0.129. The molecule has 0 radical (unpaired) electrons. The van der Waals surface area contributed by atoms with Gasteiger partial charge in [0, 0.05) is 80.8 Å². The van der Waals surface area contributed by atoms with Gasteiger partial charge in [-0.3, -0.25) is 0 Å². The summed E-state index contributed by atoms with van der Waals surface area (Å²) in [4.78, 5) is 24.3. The second-order valence-corrected chi connectivity index (χ2v) is 9.81. The zero-order chi connectivity index (χ0) is 25.4. The average Bonchev–Trinajstić information content (AvgIpc) is 3.35. The molecule has 5 heterocycles. The summed E-state index contributed by atoms with van der Waals surface area (Å²) < 4.78 is 15.9. The van der Waals surface area contributed by atoms with Gasteiger partial charge in [0.2, 0.25) is 0 Å².